The van der Waals surface area contributed by atoms with Gasteiger partial charge in [0.25, 0.3) is 5.79 Å². The van der Waals surface area contributed by atoms with Crippen LogP contribution in [0.25, 0.3) is 0 Å². The number of nitrogens with zero attached hydrogens (tertiary/aromatic N) is 2. The van der Waals surface area contributed by atoms with E-state index in [1.165, 1.54) is 6.92 Å². The predicted molar refractivity (Wildman–Crippen MR) is 57.3 cm³/mol. The Balaban J connectivity index is 2.18. The molecule has 0 saturated heterocycles. The molecule has 1 heterocycles. The Bertz CT molecular complexity index is 440. The summed E-state index contributed by atoms with van der Waals surface area (Å²) in [5, 5.41) is 23.7. The molecule has 1 amide bonds. The zero-order valence-corrected chi connectivity index (χ0v) is 8.79. The largest absolute Gasteiger partial charge is 0.354 e. The third kappa shape index (κ3) is 1.70. The first-order chi connectivity index (χ1) is 7.51. The summed E-state index contributed by atoms with van der Waals surface area (Å²) in [7, 11) is 0. The van der Waals surface area contributed by atoms with Gasteiger partial charge < -0.3 is 10.2 Å². The highest BCUT2D eigenvalue weighted by Crippen LogP contribution is 2.19. The van der Waals surface area contributed by atoms with Crippen LogP contribution in [0.5, 0.6) is 0 Å². The number of hydrogen-bond acceptors (Lipinski definition) is 4. The summed E-state index contributed by atoms with van der Waals surface area (Å²) in [6.45, 7) is 1.64. The van der Waals surface area contributed by atoms with Crippen LogP contribution in [0.3, 0.4) is 0 Å². The molecule has 1 aromatic rings. The van der Waals surface area contributed by atoms with Crippen molar-refractivity contribution in [2.75, 3.05) is 0 Å². The van der Waals surface area contributed by atoms with E-state index in [1.807, 2.05) is 30.3 Å². The topological polar surface area (TPSA) is 73.1 Å². The number of benzene rings is 1. The van der Waals surface area contributed by atoms with Crippen molar-refractivity contribution in [3.8, 4) is 0 Å². The molecule has 0 spiro atoms. The standard InChI is InChI=1S/C11H12N2O3/c1-8-11(15,16)10(14)13(12-8)7-9-5-3-2-4-6-9/h2-6,15-16H,7H2,1H3. The monoisotopic (exact) mass is 220 g/mol. The molecule has 0 fully saturated rings. The van der Waals surface area contributed by atoms with E-state index in [4.69, 9.17) is 0 Å². The van der Waals surface area contributed by atoms with Gasteiger partial charge in [-0.15, -0.1) is 0 Å². The Morgan fingerprint density at radius 2 is 1.94 bits per heavy atom. The summed E-state index contributed by atoms with van der Waals surface area (Å²) in [4.78, 5) is 11.6. The Morgan fingerprint density at radius 1 is 1.31 bits per heavy atom. The van der Waals surface area contributed by atoms with Crippen LogP contribution in [0.15, 0.2) is 35.4 Å². The van der Waals surface area contributed by atoms with Gasteiger partial charge in [-0.25, -0.2) is 5.01 Å². The Hall–Kier alpha value is -1.72. The molecule has 0 unspecified atom stereocenters. The lowest BCUT2D eigenvalue weighted by Crippen LogP contribution is -2.45. The second-order valence-corrected chi connectivity index (χ2v) is 3.71. The van der Waals surface area contributed by atoms with Gasteiger partial charge in [-0.1, -0.05) is 30.3 Å². The Morgan fingerprint density at radius 3 is 2.44 bits per heavy atom. The van der Waals surface area contributed by atoms with Gasteiger partial charge in [0.2, 0.25) is 0 Å². The fourth-order valence-electron chi connectivity index (χ4n) is 1.49. The van der Waals surface area contributed by atoms with Gasteiger partial charge in [0, 0.05) is 0 Å². The van der Waals surface area contributed by atoms with Crippen LogP contribution in [-0.4, -0.2) is 32.6 Å². The summed E-state index contributed by atoms with van der Waals surface area (Å²) in [5.41, 5.74) is 0.874. The van der Waals surface area contributed by atoms with Crippen molar-refractivity contribution in [1.29, 1.82) is 0 Å². The quantitative estimate of drug-likeness (QED) is 0.693. The molecule has 0 aliphatic carbocycles. The number of hydrazone groups is 1. The molecule has 0 saturated carbocycles. The average Bonchev–Trinajstić information content (AvgIpc) is 2.45. The number of carbonyl (C=O) groups excluding carboxylic acids is 1. The minimum absolute atomic E-state index is 0.00608. The van der Waals surface area contributed by atoms with E-state index in [0.29, 0.717) is 0 Å². The Kier molecular flexibility index (Phi) is 2.49. The fourth-order valence-corrected chi connectivity index (χ4v) is 1.49. The third-order valence-corrected chi connectivity index (χ3v) is 2.48. The molecule has 2 N–H and O–H groups in total. The second kappa shape index (κ2) is 3.70. The van der Waals surface area contributed by atoms with E-state index in [-0.39, 0.29) is 12.3 Å². The molecule has 1 aliphatic rings. The van der Waals surface area contributed by atoms with Crippen molar-refractivity contribution in [1.82, 2.24) is 5.01 Å². The third-order valence-electron chi connectivity index (χ3n) is 2.48. The SMILES string of the molecule is CC1=NN(Cc2ccccc2)C(=O)C1(O)O. The summed E-state index contributed by atoms with van der Waals surface area (Å²) < 4.78 is 0. The number of aliphatic hydroxyl groups is 2. The molecular formula is C11H12N2O3. The van der Waals surface area contributed by atoms with Gasteiger partial charge in [0.15, 0.2) is 0 Å². The number of amides is 1. The van der Waals surface area contributed by atoms with E-state index < -0.39 is 11.7 Å². The highest BCUT2D eigenvalue weighted by Gasteiger charge is 2.46. The van der Waals surface area contributed by atoms with Crippen LogP contribution >= 0.6 is 0 Å². The first-order valence-electron chi connectivity index (χ1n) is 4.88. The molecule has 0 atom stereocenters. The molecule has 5 heteroatoms. The van der Waals surface area contributed by atoms with Crippen LogP contribution < -0.4 is 0 Å². The van der Waals surface area contributed by atoms with E-state index >= 15 is 0 Å². The fraction of sp³-hybridized carbons (Fsp3) is 0.273. The first kappa shape index (κ1) is 10.8. The molecule has 2 rings (SSSR count). The van der Waals surface area contributed by atoms with Gasteiger partial charge in [-0.05, 0) is 12.5 Å². The smallest absolute Gasteiger partial charge is 0.309 e. The number of hydrogen-bond donors (Lipinski definition) is 2. The van der Waals surface area contributed by atoms with Crippen LogP contribution in [-0.2, 0) is 11.3 Å². The Labute approximate surface area is 92.6 Å². The lowest BCUT2D eigenvalue weighted by molar-refractivity contribution is -0.168. The van der Waals surface area contributed by atoms with E-state index in [2.05, 4.69) is 5.10 Å². The van der Waals surface area contributed by atoms with E-state index in [1.54, 1.807) is 0 Å². The highest BCUT2D eigenvalue weighted by atomic mass is 16.5. The average molecular weight is 220 g/mol. The lowest BCUT2D eigenvalue weighted by atomic mass is 10.2. The van der Waals surface area contributed by atoms with Gasteiger partial charge in [0.1, 0.15) is 5.71 Å². The van der Waals surface area contributed by atoms with E-state index in [9.17, 15) is 15.0 Å². The molecule has 16 heavy (non-hydrogen) atoms. The van der Waals surface area contributed by atoms with Crippen molar-refractivity contribution in [2.45, 2.75) is 19.3 Å². The van der Waals surface area contributed by atoms with Crippen molar-refractivity contribution >= 4 is 11.6 Å². The maximum atomic E-state index is 11.6. The molecule has 1 aliphatic heterocycles. The van der Waals surface area contributed by atoms with Crippen LogP contribution in [0.2, 0.25) is 0 Å². The summed E-state index contributed by atoms with van der Waals surface area (Å²) in [5.74, 6) is -3.26. The van der Waals surface area contributed by atoms with Crippen molar-refractivity contribution < 1.29 is 15.0 Å². The molecule has 1 aromatic carbocycles. The molecule has 0 aromatic heterocycles. The molecule has 84 valence electrons. The maximum Gasteiger partial charge on any atom is 0.309 e. The van der Waals surface area contributed by atoms with Gasteiger partial charge in [-0.2, -0.15) is 5.10 Å². The lowest BCUT2D eigenvalue weighted by Gasteiger charge is -2.16. The van der Waals surface area contributed by atoms with E-state index in [0.717, 1.165) is 10.6 Å². The van der Waals surface area contributed by atoms with Crippen LogP contribution in [0, 0.1) is 0 Å². The molecule has 0 bridgehead atoms. The normalized spacial score (nSPS) is 18.8. The minimum Gasteiger partial charge on any atom is -0.354 e. The van der Waals surface area contributed by atoms with Crippen molar-refractivity contribution in [3.05, 3.63) is 35.9 Å². The van der Waals surface area contributed by atoms with Crippen molar-refractivity contribution in [3.63, 3.8) is 0 Å². The summed E-state index contributed by atoms with van der Waals surface area (Å²) >= 11 is 0. The number of rotatable bonds is 2. The molecule has 0 radical (unpaired) electrons. The zero-order valence-electron chi connectivity index (χ0n) is 8.79. The van der Waals surface area contributed by atoms with Crippen molar-refractivity contribution in [2.24, 2.45) is 5.10 Å². The van der Waals surface area contributed by atoms with Gasteiger partial charge in [0.05, 0.1) is 6.54 Å². The maximum absolute atomic E-state index is 11.6. The van der Waals surface area contributed by atoms with Crippen LogP contribution in [0.4, 0.5) is 0 Å². The minimum atomic E-state index is -2.45. The highest BCUT2D eigenvalue weighted by molar-refractivity contribution is 6.12. The second-order valence-electron chi connectivity index (χ2n) is 3.71. The summed E-state index contributed by atoms with van der Waals surface area (Å²) in [6.07, 6.45) is 0. The first-order valence-corrected chi connectivity index (χ1v) is 4.88. The molecule has 5 nitrogen and oxygen atoms in total. The van der Waals surface area contributed by atoms with Crippen LogP contribution in [0.1, 0.15) is 12.5 Å². The van der Waals surface area contributed by atoms with Gasteiger partial charge in [-0.3, -0.25) is 4.79 Å². The number of carbonyl (C=O) groups is 1. The zero-order chi connectivity index (χ0) is 11.8. The predicted octanol–water partition coefficient (Wildman–Crippen LogP) is 0.0856. The summed E-state index contributed by atoms with van der Waals surface area (Å²) in [6, 6.07) is 9.24. The van der Waals surface area contributed by atoms with Gasteiger partial charge >= 0.3 is 5.91 Å². The molecular weight excluding hydrogens is 208 g/mol.